The van der Waals surface area contributed by atoms with Gasteiger partial charge in [-0.05, 0) is 56.9 Å². The summed E-state index contributed by atoms with van der Waals surface area (Å²) < 4.78 is 8.79. The molecule has 10 rings (SSSR count). The minimum Gasteiger partial charge on any atom is -0.452 e. The molecule has 0 atom stereocenters. The number of hydrogen-bond acceptors (Lipinski definition) is 3. The van der Waals surface area contributed by atoms with E-state index < -0.39 is 0 Å². The van der Waals surface area contributed by atoms with Gasteiger partial charge in [0.15, 0.2) is 5.58 Å². The second-order valence-electron chi connectivity index (χ2n) is 11.8. The maximum Gasteiger partial charge on any atom is 0.236 e. The highest BCUT2D eigenvalue weighted by atomic mass is 16.3. The smallest absolute Gasteiger partial charge is 0.236 e. The number of benzene rings is 7. The van der Waals surface area contributed by atoms with Crippen LogP contribution in [0.3, 0.4) is 0 Å². The molecule has 0 saturated carbocycles. The van der Waals surface area contributed by atoms with Gasteiger partial charge in [0.05, 0.1) is 11.0 Å². The molecular formula is C42H25N3O. The van der Waals surface area contributed by atoms with Gasteiger partial charge in [-0.1, -0.05) is 127 Å². The highest BCUT2D eigenvalue weighted by Crippen LogP contribution is 2.42. The molecule has 0 saturated heterocycles. The molecule has 0 unspecified atom stereocenters. The summed E-state index contributed by atoms with van der Waals surface area (Å²) in [6, 6.07) is 53.1. The van der Waals surface area contributed by atoms with E-state index in [2.05, 4.69) is 126 Å². The normalized spacial score (nSPS) is 11.9. The van der Waals surface area contributed by atoms with Crippen LogP contribution in [0.1, 0.15) is 0 Å². The molecule has 3 heterocycles. The van der Waals surface area contributed by atoms with Crippen LogP contribution in [0.5, 0.6) is 0 Å². The van der Waals surface area contributed by atoms with Gasteiger partial charge < -0.3 is 4.42 Å². The minimum absolute atomic E-state index is 0.615. The highest BCUT2D eigenvalue weighted by molar-refractivity contribution is 6.28. The Bertz CT molecular complexity index is 2700. The van der Waals surface area contributed by atoms with Crippen LogP contribution in [0.15, 0.2) is 156 Å². The maximum atomic E-state index is 6.56. The fourth-order valence-electron chi connectivity index (χ4n) is 7.10. The SMILES string of the molecule is c1ccc(-c2ccc3oc4c(-c5ccccc5)nc(-n5c6ccc7ccccc7c6c6c7ccccc7ccc65)nc4c3c2)cc1. The Balaban J connectivity index is 1.36. The van der Waals surface area contributed by atoms with Crippen LogP contribution in [-0.4, -0.2) is 14.5 Å². The molecule has 0 fully saturated rings. The standard InChI is InChI=1S/C42H25N3O/c1-3-11-26(12-4-1)30-21-24-36-33(25-30)40-41(46-36)39(29-15-5-2-6-16-29)43-42(44-40)45-34-22-19-27-13-7-9-17-31(27)37(34)38-32-18-10-8-14-28(32)20-23-35(38)45/h1-25H. The van der Waals surface area contributed by atoms with Crippen molar-refractivity contribution in [2.24, 2.45) is 0 Å². The molecule has 0 aliphatic carbocycles. The number of rotatable bonds is 3. The van der Waals surface area contributed by atoms with E-state index >= 15 is 0 Å². The Hall–Kier alpha value is -6.26. The Labute approximate surface area is 263 Å². The van der Waals surface area contributed by atoms with Gasteiger partial charge >= 0.3 is 0 Å². The topological polar surface area (TPSA) is 43.9 Å². The Morgan fingerprint density at radius 3 is 1.70 bits per heavy atom. The largest absolute Gasteiger partial charge is 0.452 e. The summed E-state index contributed by atoms with van der Waals surface area (Å²) in [5.74, 6) is 0.615. The van der Waals surface area contributed by atoms with Crippen molar-refractivity contribution >= 4 is 65.4 Å². The van der Waals surface area contributed by atoms with Crippen molar-refractivity contribution in [2.45, 2.75) is 0 Å². The molecule has 46 heavy (non-hydrogen) atoms. The molecule has 0 radical (unpaired) electrons. The summed E-state index contributed by atoms with van der Waals surface area (Å²) >= 11 is 0. The third kappa shape index (κ3) is 3.61. The lowest BCUT2D eigenvalue weighted by Gasteiger charge is -2.10. The van der Waals surface area contributed by atoms with E-state index in [1.165, 1.54) is 32.3 Å². The van der Waals surface area contributed by atoms with Gasteiger partial charge in [-0.15, -0.1) is 0 Å². The second kappa shape index (κ2) is 9.62. The van der Waals surface area contributed by atoms with Crippen molar-refractivity contribution in [3.05, 3.63) is 152 Å². The molecule has 0 bridgehead atoms. The molecule has 0 amide bonds. The van der Waals surface area contributed by atoms with Gasteiger partial charge in [0.2, 0.25) is 5.95 Å². The molecule has 4 heteroatoms. The van der Waals surface area contributed by atoms with E-state index in [-0.39, 0.29) is 0 Å². The average Bonchev–Trinajstić information content (AvgIpc) is 3.68. The van der Waals surface area contributed by atoms with Gasteiger partial charge in [-0.25, -0.2) is 9.97 Å². The number of furan rings is 1. The van der Waals surface area contributed by atoms with E-state index in [0.717, 1.165) is 49.9 Å². The average molecular weight is 588 g/mol. The first-order valence-electron chi connectivity index (χ1n) is 15.5. The molecule has 214 valence electrons. The monoisotopic (exact) mass is 587 g/mol. The van der Waals surface area contributed by atoms with Gasteiger partial charge in [-0.2, -0.15) is 0 Å². The zero-order valence-electron chi connectivity index (χ0n) is 24.7. The number of aromatic nitrogens is 3. The minimum atomic E-state index is 0.615. The Morgan fingerprint density at radius 1 is 0.457 bits per heavy atom. The lowest BCUT2D eigenvalue weighted by Crippen LogP contribution is -2.02. The zero-order chi connectivity index (χ0) is 30.2. The first-order valence-corrected chi connectivity index (χ1v) is 15.5. The first kappa shape index (κ1) is 25.1. The molecule has 0 aliphatic rings. The quantitative estimate of drug-likeness (QED) is 0.207. The highest BCUT2D eigenvalue weighted by Gasteiger charge is 2.23. The van der Waals surface area contributed by atoms with Crippen molar-refractivity contribution in [2.75, 3.05) is 0 Å². The predicted octanol–water partition coefficient (Wildman–Crippen LogP) is 11.1. The summed E-state index contributed by atoms with van der Waals surface area (Å²) in [6.45, 7) is 0. The van der Waals surface area contributed by atoms with Gasteiger partial charge in [0, 0.05) is 21.7 Å². The molecule has 4 nitrogen and oxygen atoms in total. The van der Waals surface area contributed by atoms with Gasteiger partial charge in [0.25, 0.3) is 0 Å². The van der Waals surface area contributed by atoms with Crippen molar-refractivity contribution in [3.63, 3.8) is 0 Å². The van der Waals surface area contributed by atoms with E-state index in [1.807, 2.05) is 30.3 Å². The number of fused-ring (bicyclic) bond motifs is 10. The third-order valence-electron chi connectivity index (χ3n) is 9.20. The van der Waals surface area contributed by atoms with Crippen molar-refractivity contribution in [1.82, 2.24) is 14.5 Å². The molecule has 0 aliphatic heterocycles. The van der Waals surface area contributed by atoms with Gasteiger partial charge in [0.1, 0.15) is 16.8 Å². The molecule has 10 aromatic rings. The van der Waals surface area contributed by atoms with Crippen LogP contribution in [0.4, 0.5) is 0 Å². The molecule has 3 aromatic heterocycles. The van der Waals surface area contributed by atoms with Crippen LogP contribution < -0.4 is 0 Å². The second-order valence-corrected chi connectivity index (χ2v) is 11.8. The van der Waals surface area contributed by atoms with E-state index in [9.17, 15) is 0 Å². The molecule has 0 spiro atoms. The predicted molar refractivity (Wildman–Crippen MR) is 190 cm³/mol. The van der Waals surface area contributed by atoms with E-state index in [0.29, 0.717) is 11.5 Å². The summed E-state index contributed by atoms with van der Waals surface area (Å²) in [4.78, 5) is 10.7. The molecule has 7 aromatic carbocycles. The summed E-state index contributed by atoms with van der Waals surface area (Å²) in [7, 11) is 0. The van der Waals surface area contributed by atoms with Crippen molar-refractivity contribution in [1.29, 1.82) is 0 Å². The number of hydrogen-bond donors (Lipinski definition) is 0. The lowest BCUT2D eigenvalue weighted by atomic mass is 10.00. The fraction of sp³-hybridized carbons (Fsp3) is 0. The lowest BCUT2D eigenvalue weighted by molar-refractivity contribution is 0.666. The van der Waals surface area contributed by atoms with Crippen molar-refractivity contribution < 1.29 is 4.42 Å². The molecule has 0 N–H and O–H groups in total. The van der Waals surface area contributed by atoms with Crippen molar-refractivity contribution in [3.8, 4) is 28.3 Å². The summed E-state index contributed by atoms with van der Waals surface area (Å²) in [5, 5.41) is 8.22. The first-order chi connectivity index (χ1) is 22.8. The van der Waals surface area contributed by atoms with Crippen LogP contribution in [0, 0.1) is 0 Å². The van der Waals surface area contributed by atoms with Gasteiger partial charge in [-0.3, -0.25) is 4.57 Å². The fourth-order valence-corrected chi connectivity index (χ4v) is 7.10. The third-order valence-corrected chi connectivity index (χ3v) is 9.20. The zero-order valence-corrected chi connectivity index (χ0v) is 24.7. The van der Waals surface area contributed by atoms with Crippen LogP contribution in [-0.2, 0) is 0 Å². The van der Waals surface area contributed by atoms with E-state index in [4.69, 9.17) is 14.4 Å². The van der Waals surface area contributed by atoms with Crippen LogP contribution in [0.25, 0.3) is 93.8 Å². The van der Waals surface area contributed by atoms with Crippen LogP contribution >= 0.6 is 0 Å². The summed E-state index contributed by atoms with van der Waals surface area (Å²) in [6.07, 6.45) is 0. The number of nitrogens with zero attached hydrogens (tertiary/aromatic N) is 3. The Morgan fingerprint density at radius 2 is 1.04 bits per heavy atom. The summed E-state index contributed by atoms with van der Waals surface area (Å²) in [5.41, 5.74) is 8.44. The molecular weight excluding hydrogens is 562 g/mol. The maximum absolute atomic E-state index is 6.56. The van der Waals surface area contributed by atoms with E-state index in [1.54, 1.807) is 0 Å². The van der Waals surface area contributed by atoms with Crippen LogP contribution in [0.2, 0.25) is 0 Å². The Kier molecular flexibility index (Phi) is 5.25.